The molecule has 2 N–H and O–H groups in total. The highest BCUT2D eigenvalue weighted by Gasteiger charge is 2.42. The largest absolute Gasteiger partial charge is 0.499 e. The van der Waals surface area contributed by atoms with Crippen molar-refractivity contribution in [2.24, 2.45) is 5.92 Å². The lowest BCUT2D eigenvalue weighted by molar-refractivity contribution is -0.126. The van der Waals surface area contributed by atoms with Crippen molar-refractivity contribution >= 4 is 17.7 Å². The van der Waals surface area contributed by atoms with Crippen molar-refractivity contribution in [3.8, 4) is 0 Å². The predicted molar refractivity (Wildman–Crippen MR) is 48.3 cm³/mol. The molecule has 6 heteroatoms. The second kappa shape index (κ2) is 3.38. The van der Waals surface area contributed by atoms with E-state index in [1.807, 2.05) is 0 Å². The smallest absolute Gasteiger partial charge is 0.248 e. The summed E-state index contributed by atoms with van der Waals surface area (Å²) in [6.07, 6.45) is 1.38. The molecule has 80 valence electrons. The van der Waals surface area contributed by atoms with E-state index in [-0.39, 0.29) is 24.1 Å². The van der Waals surface area contributed by atoms with E-state index >= 15 is 0 Å². The highest BCUT2D eigenvalue weighted by atomic mass is 16.5. The van der Waals surface area contributed by atoms with Gasteiger partial charge in [-0.1, -0.05) is 0 Å². The Morgan fingerprint density at radius 3 is 2.67 bits per heavy atom. The van der Waals surface area contributed by atoms with E-state index in [0.29, 0.717) is 5.76 Å². The maximum Gasteiger partial charge on any atom is 0.248 e. The van der Waals surface area contributed by atoms with Gasteiger partial charge in [0.25, 0.3) is 0 Å². The van der Waals surface area contributed by atoms with Gasteiger partial charge in [0.15, 0.2) is 0 Å². The molecule has 2 aliphatic rings. The molecule has 3 amide bonds. The van der Waals surface area contributed by atoms with Gasteiger partial charge in [0.1, 0.15) is 5.76 Å². The molecular weight excluding hydrogens is 200 g/mol. The minimum absolute atomic E-state index is 0.0878. The standard InChI is InChI=1S/C9H10N2O4/c1-15-5-3-7(13)10-8(5)4-2-6(12)11-9(4)14/h3-4,8H,2H2,1H3,(H,10,13)(H,11,12,14). The van der Waals surface area contributed by atoms with Crippen LogP contribution < -0.4 is 10.6 Å². The Balaban J connectivity index is 2.18. The summed E-state index contributed by atoms with van der Waals surface area (Å²) in [7, 11) is 1.42. The third-order valence-electron chi connectivity index (χ3n) is 2.52. The van der Waals surface area contributed by atoms with Gasteiger partial charge in [-0.15, -0.1) is 0 Å². The van der Waals surface area contributed by atoms with Gasteiger partial charge in [-0.05, 0) is 0 Å². The number of imide groups is 1. The molecule has 0 aliphatic carbocycles. The highest BCUT2D eigenvalue weighted by Crippen LogP contribution is 2.24. The molecule has 0 bridgehead atoms. The number of hydrogen-bond acceptors (Lipinski definition) is 4. The first-order chi connectivity index (χ1) is 7.11. The van der Waals surface area contributed by atoms with Crippen LogP contribution in [-0.4, -0.2) is 30.9 Å². The molecule has 0 aromatic heterocycles. The van der Waals surface area contributed by atoms with E-state index in [0.717, 1.165) is 0 Å². The third kappa shape index (κ3) is 1.58. The lowest BCUT2D eigenvalue weighted by Crippen LogP contribution is -2.39. The molecule has 0 aromatic rings. The Labute approximate surface area is 85.7 Å². The summed E-state index contributed by atoms with van der Waals surface area (Å²) in [4.78, 5) is 33.4. The second-order valence-corrected chi connectivity index (χ2v) is 3.46. The molecule has 0 radical (unpaired) electrons. The average molecular weight is 210 g/mol. The van der Waals surface area contributed by atoms with E-state index < -0.39 is 12.0 Å². The Hall–Kier alpha value is -1.85. The number of carbonyl (C=O) groups excluding carboxylic acids is 3. The summed E-state index contributed by atoms with van der Waals surface area (Å²) in [5.74, 6) is -1.15. The van der Waals surface area contributed by atoms with Crippen LogP contribution >= 0.6 is 0 Å². The van der Waals surface area contributed by atoms with Gasteiger partial charge in [-0.2, -0.15) is 0 Å². The van der Waals surface area contributed by atoms with E-state index in [1.54, 1.807) is 0 Å². The Bertz CT molecular complexity index is 374. The van der Waals surface area contributed by atoms with Gasteiger partial charge >= 0.3 is 0 Å². The van der Waals surface area contributed by atoms with Gasteiger partial charge < -0.3 is 10.1 Å². The van der Waals surface area contributed by atoms with Crippen LogP contribution in [0.15, 0.2) is 11.8 Å². The zero-order chi connectivity index (χ0) is 11.0. The summed E-state index contributed by atoms with van der Waals surface area (Å²) in [6, 6.07) is -0.519. The summed E-state index contributed by atoms with van der Waals surface area (Å²) in [5, 5.41) is 4.77. The number of nitrogens with one attached hydrogen (secondary N) is 2. The van der Waals surface area contributed by atoms with Gasteiger partial charge in [-0.3, -0.25) is 19.7 Å². The number of ether oxygens (including phenoxy) is 1. The number of methoxy groups -OCH3 is 1. The minimum Gasteiger partial charge on any atom is -0.499 e. The maximum atomic E-state index is 11.4. The van der Waals surface area contributed by atoms with Crippen molar-refractivity contribution in [3.63, 3.8) is 0 Å². The SMILES string of the molecule is COC1=CC(=O)NC1C1CC(=O)NC1=O. The highest BCUT2D eigenvalue weighted by molar-refractivity contribution is 6.05. The van der Waals surface area contributed by atoms with E-state index in [2.05, 4.69) is 10.6 Å². The van der Waals surface area contributed by atoms with Crippen LogP contribution in [-0.2, 0) is 19.1 Å². The lowest BCUT2D eigenvalue weighted by atomic mass is 9.98. The maximum absolute atomic E-state index is 11.4. The molecule has 15 heavy (non-hydrogen) atoms. The molecule has 1 saturated heterocycles. The van der Waals surface area contributed by atoms with Crippen LogP contribution in [0.1, 0.15) is 6.42 Å². The van der Waals surface area contributed by atoms with Gasteiger partial charge in [0.2, 0.25) is 17.7 Å². The first-order valence-electron chi connectivity index (χ1n) is 4.51. The molecule has 1 fully saturated rings. The Kier molecular flexibility index (Phi) is 2.18. The van der Waals surface area contributed by atoms with Crippen LogP contribution in [0.2, 0.25) is 0 Å². The normalized spacial score (nSPS) is 29.9. The summed E-state index contributed by atoms with van der Waals surface area (Å²) < 4.78 is 4.98. The molecule has 2 atom stereocenters. The van der Waals surface area contributed by atoms with Crippen molar-refractivity contribution in [1.82, 2.24) is 10.6 Å². The van der Waals surface area contributed by atoms with Gasteiger partial charge in [-0.25, -0.2) is 0 Å². The summed E-state index contributed by atoms with van der Waals surface area (Å²) in [6.45, 7) is 0. The fourth-order valence-electron chi connectivity index (χ4n) is 1.81. The van der Waals surface area contributed by atoms with Crippen molar-refractivity contribution in [2.75, 3.05) is 7.11 Å². The molecule has 0 saturated carbocycles. The lowest BCUT2D eigenvalue weighted by Gasteiger charge is -2.17. The fraction of sp³-hybridized carbons (Fsp3) is 0.444. The zero-order valence-electron chi connectivity index (χ0n) is 8.07. The first kappa shape index (κ1) is 9.70. The van der Waals surface area contributed by atoms with Crippen molar-refractivity contribution in [1.29, 1.82) is 0 Å². The molecule has 0 spiro atoms. The van der Waals surface area contributed by atoms with E-state index in [9.17, 15) is 14.4 Å². The first-order valence-corrected chi connectivity index (χ1v) is 4.51. The number of hydrogen-bond donors (Lipinski definition) is 2. The van der Waals surface area contributed by atoms with E-state index in [1.165, 1.54) is 13.2 Å². The topological polar surface area (TPSA) is 84.5 Å². The van der Waals surface area contributed by atoms with Crippen molar-refractivity contribution in [2.45, 2.75) is 12.5 Å². The molecule has 2 heterocycles. The number of amides is 3. The van der Waals surface area contributed by atoms with Crippen LogP contribution in [0.25, 0.3) is 0 Å². The quantitative estimate of drug-likeness (QED) is 0.553. The van der Waals surface area contributed by atoms with Crippen LogP contribution in [0.5, 0.6) is 0 Å². The Morgan fingerprint density at radius 1 is 1.40 bits per heavy atom. The summed E-state index contributed by atoms with van der Waals surface area (Å²) in [5.41, 5.74) is 0. The number of carbonyl (C=O) groups is 3. The molecular formula is C9H10N2O4. The van der Waals surface area contributed by atoms with Crippen LogP contribution in [0.4, 0.5) is 0 Å². The molecule has 2 unspecified atom stereocenters. The van der Waals surface area contributed by atoms with Crippen LogP contribution in [0, 0.1) is 5.92 Å². The van der Waals surface area contributed by atoms with Crippen molar-refractivity contribution < 1.29 is 19.1 Å². The average Bonchev–Trinajstić information content (AvgIpc) is 2.69. The molecule has 0 aromatic carbocycles. The monoisotopic (exact) mass is 210 g/mol. The third-order valence-corrected chi connectivity index (χ3v) is 2.52. The zero-order valence-corrected chi connectivity index (χ0v) is 8.07. The predicted octanol–water partition coefficient (Wildman–Crippen LogP) is -1.32. The molecule has 2 aliphatic heterocycles. The van der Waals surface area contributed by atoms with E-state index in [4.69, 9.17) is 4.74 Å². The van der Waals surface area contributed by atoms with Crippen LogP contribution in [0.3, 0.4) is 0 Å². The molecule has 2 rings (SSSR count). The van der Waals surface area contributed by atoms with Gasteiger partial charge in [0.05, 0.1) is 19.1 Å². The fourth-order valence-corrected chi connectivity index (χ4v) is 1.81. The van der Waals surface area contributed by atoms with Gasteiger partial charge in [0, 0.05) is 12.5 Å². The van der Waals surface area contributed by atoms with Crippen molar-refractivity contribution in [3.05, 3.63) is 11.8 Å². The summed E-state index contributed by atoms with van der Waals surface area (Å²) >= 11 is 0. The molecule has 6 nitrogen and oxygen atoms in total. The minimum atomic E-state index is -0.560. The Morgan fingerprint density at radius 2 is 2.13 bits per heavy atom. The second-order valence-electron chi connectivity index (χ2n) is 3.46. The number of rotatable bonds is 2.